The fourth-order valence-corrected chi connectivity index (χ4v) is 2.80. The number of nitrogens with two attached hydrogens (primary N) is 1. The van der Waals surface area contributed by atoms with E-state index in [9.17, 15) is 4.79 Å². The zero-order chi connectivity index (χ0) is 16.6. The molecule has 1 amide bonds. The molecule has 1 heterocycles. The molecule has 0 spiro atoms. The van der Waals surface area contributed by atoms with Gasteiger partial charge in [-0.3, -0.25) is 0 Å². The quantitative estimate of drug-likeness (QED) is 0.770. The minimum atomic E-state index is -0.463. The summed E-state index contributed by atoms with van der Waals surface area (Å²) >= 11 is 1.78. The van der Waals surface area contributed by atoms with Crippen molar-refractivity contribution in [2.45, 2.75) is 45.3 Å². The zero-order valence-corrected chi connectivity index (χ0v) is 14.9. The van der Waals surface area contributed by atoms with Gasteiger partial charge in [-0.25, -0.2) is 4.79 Å². The van der Waals surface area contributed by atoms with Gasteiger partial charge >= 0.3 is 6.09 Å². The first-order chi connectivity index (χ1) is 10.3. The number of carbonyl (C=O) groups excluding carboxylic acids is 1. The molecule has 6 heteroatoms. The van der Waals surface area contributed by atoms with Crippen molar-refractivity contribution in [3.05, 3.63) is 22.4 Å². The monoisotopic (exact) mass is 327 g/mol. The van der Waals surface area contributed by atoms with Crippen LogP contribution in [-0.4, -0.2) is 49.3 Å². The molecule has 0 aliphatic heterocycles. The van der Waals surface area contributed by atoms with E-state index in [1.807, 2.05) is 20.8 Å². The van der Waals surface area contributed by atoms with Gasteiger partial charge in [-0.2, -0.15) is 0 Å². The summed E-state index contributed by atoms with van der Waals surface area (Å²) in [6, 6.07) is 4.49. The standard InChI is InChI=1S/C16H29N3O2S/c1-16(2,3)21-15(20)18-9-7-13(12-17)19(4)10-8-14-6-5-11-22-14/h5-6,11,13H,7-10,12,17H2,1-4H3,(H,18,20). The third-order valence-corrected chi connectivity index (χ3v) is 4.27. The van der Waals surface area contributed by atoms with E-state index in [1.54, 1.807) is 11.3 Å². The van der Waals surface area contributed by atoms with Crippen LogP contribution in [-0.2, 0) is 11.2 Å². The molecule has 0 fully saturated rings. The fourth-order valence-electron chi connectivity index (χ4n) is 2.10. The number of thiophene rings is 1. The number of rotatable bonds is 8. The first kappa shape index (κ1) is 18.9. The fraction of sp³-hybridized carbons (Fsp3) is 0.688. The Morgan fingerprint density at radius 1 is 1.50 bits per heavy atom. The molecule has 0 aliphatic rings. The number of nitrogens with one attached hydrogen (secondary N) is 1. The van der Waals surface area contributed by atoms with E-state index in [2.05, 4.69) is 34.8 Å². The average Bonchev–Trinajstić information content (AvgIpc) is 2.92. The van der Waals surface area contributed by atoms with Gasteiger partial charge < -0.3 is 20.7 Å². The van der Waals surface area contributed by atoms with Gasteiger partial charge in [0.1, 0.15) is 5.60 Å². The molecule has 0 saturated heterocycles. The number of likely N-dealkylation sites (N-methyl/N-ethyl adjacent to an activating group) is 1. The molecule has 1 atom stereocenters. The van der Waals surface area contributed by atoms with E-state index in [-0.39, 0.29) is 12.1 Å². The molecule has 3 N–H and O–H groups in total. The van der Waals surface area contributed by atoms with Crippen molar-refractivity contribution in [2.75, 3.05) is 26.7 Å². The Bertz CT molecular complexity index is 429. The van der Waals surface area contributed by atoms with Gasteiger partial charge in [0, 0.05) is 30.6 Å². The van der Waals surface area contributed by atoms with Crippen LogP contribution in [0, 0.1) is 0 Å². The summed E-state index contributed by atoms with van der Waals surface area (Å²) in [4.78, 5) is 15.2. The van der Waals surface area contributed by atoms with Crippen LogP contribution < -0.4 is 11.1 Å². The highest BCUT2D eigenvalue weighted by molar-refractivity contribution is 7.09. The highest BCUT2D eigenvalue weighted by atomic mass is 32.1. The molecule has 1 aromatic rings. The first-order valence-electron chi connectivity index (χ1n) is 7.71. The number of amides is 1. The van der Waals surface area contributed by atoms with Crippen LogP contribution in [0.2, 0.25) is 0 Å². The van der Waals surface area contributed by atoms with E-state index in [4.69, 9.17) is 10.5 Å². The van der Waals surface area contributed by atoms with E-state index in [0.717, 1.165) is 19.4 Å². The summed E-state index contributed by atoms with van der Waals surface area (Å²) in [6.45, 7) is 7.68. The summed E-state index contributed by atoms with van der Waals surface area (Å²) in [5.74, 6) is 0. The van der Waals surface area contributed by atoms with Gasteiger partial charge in [0.15, 0.2) is 0 Å². The molecule has 5 nitrogen and oxygen atoms in total. The molecule has 0 aromatic carbocycles. The lowest BCUT2D eigenvalue weighted by Gasteiger charge is -2.27. The van der Waals surface area contributed by atoms with Crippen LogP contribution >= 0.6 is 11.3 Å². The van der Waals surface area contributed by atoms with Crippen LogP contribution in [0.25, 0.3) is 0 Å². The topological polar surface area (TPSA) is 67.6 Å². The van der Waals surface area contributed by atoms with E-state index in [1.165, 1.54) is 4.88 Å². The maximum absolute atomic E-state index is 11.6. The van der Waals surface area contributed by atoms with Crippen LogP contribution in [0.4, 0.5) is 4.79 Å². The Hall–Kier alpha value is -1.11. The van der Waals surface area contributed by atoms with Crippen LogP contribution in [0.1, 0.15) is 32.1 Å². The maximum atomic E-state index is 11.6. The lowest BCUT2D eigenvalue weighted by molar-refractivity contribution is 0.0523. The lowest BCUT2D eigenvalue weighted by atomic mass is 10.1. The highest BCUT2D eigenvalue weighted by Gasteiger charge is 2.17. The first-order valence-corrected chi connectivity index (χ1v) is 8.59. The molecular formula is C16H29N3O2S. The molecule has 0 radical (unpaired) electrons. The SMILES string of the molecule is CN(CCc1cccs1)C(CN)CCNC(=O)OC(C)(C)C. The number of carbonyl (C=O) groups is 1. The second kappa shape index (κ2) is 9.12. The van der Waals surface area contributed by atoms with E-state index >= 15 is 0 Å². The van der Waals surface area contributed by atoms with Gasteiger partial charge in [-0.15, -0.1) is 11.3 Å². The number of hydrogen-bond donors (Lipinski definition) is 2. The molecule has 22 heavy (non-hydrogen) atoms. The van der Waals surface area contributed by atoms with Crippen molar-refractivity contribution in [2.24, 2.45) is 5.73 Å². The minimum absolute atomic E-state index is 0.259. The molecule has 1 aromatic heterocycles. The van der Waals surface area contributed by atoms with Gasteiger partial charge in [0.25, 0.3) is 0 Å². The van der Waals surface area contributed by atoms with Gasteiger partial charge in [0.05, 0.1) is 0 Å². The summed E-state index contributed by atoms with van der Waals surface area (Å²) in [5.41, 5.74) is 5.39. The Balaban J connectivity index is 2.27. The second-order valence-corrected chi connectivity index (χ2v) is 7.45. The molecular weight excluding hydrogens is 298 g/mol. The summed E-state index contributed by atoms with van der Waals surface area (Å²) in [6.07, 6.45) is 1.48. The molecule has 126 valence electrons. The van der Waals surface area contributed by atoms with E-state index < -0.39 is 5.60 Å². The summed E-state index contributed by atoms with van der Waals surface area (Å²) in [5, 5.41) is 4.88. The van der Waals surface area contributed by atoms with Crippen molar-refractivity contribution in [3.8, 4) is 0 Å². The smallest absolute Gasteiger partial charge is 0.407 e. The molecule has 0 aliphatic carbocycles. The average molecular weight is 327 g/mol. The third kappa shape index (κ3) is 7.77. The Labute approximate surface area is 137 Å². The number of nitrogens with zero attached hydrogens (tertiary/aromatic N) is 1. The van der Waals surface area contributed by atoms with Gasteiger partial charge in [-0.1, -0.05) is 6.07 Å². The summed E-state index contributed by atoms with van der Waals surface area (Å²) in [7, 11) is 2.08. The van der Waals surface area contributed by atoms with Gasteiger partial charge in [-0.05, 0) is 52.1 Å². The second-order valence-electron chi connectivity index (χ2n) is 6.42. The minimum Gasteiger partial charge on any atom is -0.444 e. The largest absolute Gasteiger partial charge is 0.444 e. The zero-order valence-electron chi connectivity index (χ0n) is 14.1. The predicted molar refractivity (Wildman–Crippen MR) is 92.3 cm³/mol. The van der Waals surface area contributed by atoms with Gasteiger partial charge in [0.2, 0.25) is 0 Å². The number of hydrogen-bond acceptors (Lipinski definition) is 5. The van der Waals surface area contributed by atoms with Crippen molar-refractivity contribution in [3.63, 3.8) is 0 Å². The lowest BCUT2D eigenvalue weighted by Crippen LogP contribution is -2.42. The third-order valence-electron chi connectivity index (χ3n) is 3.33. The van der Waals surface area contributed by atoms with Crippen LogP contribution in [0.3, 0.4) is 0 Å². The van der Waals surface area contributed by atoms with Crippen LogP contribution in [0.5, 0.6) is 0 Å². The number of alkyl carbamates (subject to hydrolysis) is 1. The van der Waals surface area contributed by atoms with Crippen molar-refractivity contribution >= 4 is 17.4 Å². The highest BCUT2D eigenvalue weighted by Crippen LogP contribution is 2.11. The Morgan fingerprint density at radius 2 is 2.23 bits per heavy atom. The number of ether oxygens (including phenoxy) is 1. The molecule has 0 saturated carbocycles. The Morgan fingerprint density at radius 3 is 2.77 bits per heavy atom. The van der Waals surface area contributed by atoms with Crippen molar-refractivity contribution in [1.82, 2.24) is 10.2 Å². The van der Waals surface area contributed by atoms with Crippen molar-refractivity contribution < 1.29 is 9.53 Å². The molecule has 1 rings (SSSR count). The molecule has 0 bridgehead atoms. The summed E-state index contributed by atoms with van der Waals surface area (Å²) < 4.78 is 5.22. The van der Waals surface area contributed by atoms with Crippen molar-refractivity contribution in [1.29, 1.82) is 0 Å². The maximum Gasteiger partial charge on any atom is 0.407 e. The Kier molecular flexibility index (Phi) is 7.85. The van der Waals surface area contributed by atoms with E-state index in [0.29, 0.717) is 13.1 Å². The normalized spacial score (nSPS) is 13.2. The predicted octanol–water partition coefficient (Wildman–Crippen LogP) is 2.46. The molecule has 1 unspecified atom stereocenters. The van der Waals surface area contributed by atoms with Crippen LogP contribution in [0.15, 0.2) is 17.5 Å².